The fourth-order valence-corrected chi connectivity index (χ4v) is 3.48. The molecule has 2 saturated heterocycles. The molecule has 5 nitrogen and oxygen atoms in total. The van der Waals surface area contributed by atoms with Crippen LogP contribution in [0.2, 0.25) is 0 Å². The van der Waals surface area contributed by atoms with Crippen molar-refractivity contribution in [3.8, 4) is 0 Å². The van der Waals surface area contributed by atoms with Crippen molar-refractivity contribution in [1.82, 2.24) is 4.90 Å². The van der Waals surface area contributed by atoms with Crippen molar-refractivity contribution in [2.75, 3.05) is 31.6 Å². The lowest BCUT2D eigenvalue weighted by Gasteiger charge is -2.37. The van der Waals surface area contributed by atoms with E-state index in [1.54, 1.807) is 0 Å². The van der Waals surface area contributed by atoms with Gasteiger partial charge in [0.1, 0.15) is 11.5 Å². The minimum Gasteiger partial charge on any atom is -0.361 e. The van der Waals surface area contributed by atoms with Gasteiger partial charge in [0.25, 0.3) is 5.69 Å². The van der Waals surface area contributed by atoms with E-state index < -0.39 is 10.7 Å². The van der Waals surface area contributed by atoms with E-state index in [0.29, 0.717) is 11.6 Å². The molecule has 1 aromatic carbocycles. The number of halogens is 1. The molecule has 108 valence electrons. The van der Waals surface area contributed by atoms with Crippen LogP contribution in [-0.2, 0) is 0 Å². The largest absolute Gasteiger partial charge is 0.361 e. The maximum absolute atomic E-state index is 13.5. The van der Waals surface area contributed by atoms with Gasteiger partial charge in [-0.25, -0.2) is 4.39 Å². The van der Waals surface area contributed by atoms with Gasteiger partial charge in [-0.2, -0.15) is 0 Å². The number of likely N-dealkylation sites (tertiary alicyclic amines) is 1. The molecule has 2 heterocycles. The first-order valence-electron chi connectivity index (χ1n) is 6.95. The highest BCUT2D eigenvalue weighted by Gasteiger charge is 2.39. The third kappa shape index (κ3) is 2.24. The molecule has 0 radical (unpaired) electrons. The van der Waals surface area contributed by atoms with Crippen LogP contribution in [0.25, 0.3) is 0 Å². The van der Waals surface area contributed by atoms with Crippen LogP contribution in [0, 0.1) is 21.8 Å². The summed E-state index contributed by atoms with van der Waals surface area (Å²) >= 11 is 0. The monoisotopic (exact) mass is 279 g/mol. The molecule has 2 atom stereocenters. The summed E-state index contributed by atoms with van der Waals surface area (Å²) in [6.45, 7) is 2.73. The second-order valence-electron chi connectivity index (χ2n) is 5.75. The average molecular weight is 279 g/mol. The van der Waals surface area contributed by atoms with Gasteiger partial charge in [0, 0.05) is 31.3 Å². The van der Waals surface area contributed by atoms with Crippen LogP contribution in [0.15, 0.2) is 18.2 Å². The predicted molar refractivity (Wildman–Crippen MR) is 74.4 cm³/mol. The Morgan fingerprint density at radius 3 is 2.85 bits per heavy atom. The van der Waals surface area contributed by atoms with E-state index >= 15 is 0 Å². The molecule has 2 aliphatic heterocycles. The van der Waals surface area contributed by atoms with E-state index in [4.69, 9.17) is 0 Å². The van der Waals surface area contributed by atoms with Gasteiger partial charge in [-0.05, 0) is 38.4 Å². The molecule has 2 fully saturated rings. The number of nitro benzene ring substituents is 1. The van der Waals surface area contributed by atoms with E-state index in [2.05, 4.69) is 11.9 Å². The number of hydrogen-bond acceptors (Lipinski definition) is 4. The summed E-state index contributed by atoms with van der Waals surface area (Å²) in [7, 11) is 2.06. The molecule has 0 aliphatic carbocycles. The summed E-state index contributed by atoms with van der Waals surface area (Å²) in [4.78, 5) is 15.0. The molecule has 0 amide bonds. The number of nitrogens with zero attached hydrogens (tertiary/aromatic N) is 3. The van der Waals surface area contributed by atoms with Gasteiger partial charge in [-0.15, -0.1) is 0 Å². The normalized spacial score (nSPS) is 26.6. The van der Waals surface area contributed by atoms with Crippen molar-refractivity contribution in [1.29, 1.82) is 0 Å². The van der Waals surface area contributed by atoms with Gasteiger partial charge >= 0.3 is 0 Å². The first-order valence-corrected chi connectivity index (χ1v) is 6.95. The number of piperidine rings is 1. The Labute approximate surface area is 117 Å². The maximum Gasteiger partial charge on any atom is 0.292 e. The first kappa shape index (κ1) is 13.3. The van der Waals surface area contributed by atoms with E-state index in [1.807, 2.05) is 4.90 Å². The minimum atomic E-state index is -0.422. The number of hydrogen-bond donors (Lipinski definition) is 0. The van der Waals surface area contributed by atoms with E-state index in [0.717, 1.165) is 38.5 Å². The van der Waals surface area contributed by atoms with Crippen LogP contribution in [0.5, 0.6) is 0 Å². The zero-order valence-electron chi connectivity index (χ0n) is 11.5. The lowest BCUT2D eigenvalue weighted by atomic mass is 9.92. The zero-order chi connectivity index (χ0) is 14.3. The molecule has 0 N–H and O–H groups in total. The lowest BCUT2D eigenvalue weighted by Crippen LogP contribution is -2.46. The Kier molecular flexibility index (Phi) is 3.33. The highest BCUT2D eigenvalue weighted by molar-refractivity contribution is 5.64. The topological polar surface area (TPSA) is 49.6 Å². The van der Waals surface area contributed by atoms with Crippen molar-refractivity contribution >= 4 is 11.4 Å². The quantitative estimate of drug-likeness (QED) is 0.615. The molecule has 0 spiro atoms. The second-order valence-corrected chi connectivity index (χ2v) is 5.75. The zero-order valence-corrected chi connectivity index (χ0v) is 11.5. The number of rotatable bonds is 2. The Morgan fingerprint density at radius 2 is 2.10 bits per heavy atom. The van der Waals surface area contributed by atoms with E-state index in [9.17, 15) is 14.5 Å². The maximum atomic E-state index is 13.5. The van der Waals surface area contributed by atoms with Crippen LogP contribution in [0.3, 0.4) is 0 Å². The van der Waals surface area contributed by atoms with Crippen LogP contribution in [-0.4, -0.2) is 42.5 Å². The lowest BCUT2D eigenvalue weighted by molar-refractivity contribution is -0.384. The molecule has 0 unspecified atom stereocenters. The molecule has 2 aliphatic rings. The summed E-state index contributed by atoms with van der Waals surface area (Å²) in [6.07, 6.45) is 2.15. The Balaban J connectivity index is 1.96. The van der Waals surface area contributed by atoms with Gasteiger partial charge in [0.2, 0.25) is 0 Å². The number of likely N-dealkylation sites (N-methyl/N-ethyl adjacent to an activating group) is 1. The van der Waals surface area contributed by atoms with Crippen molar-refractivity contribution in [3.05, 3.63) is 34.1 Å². The van der Waals surface area contributed by atoms with Crippen LogP contribution in [0.4, 0.5) is 15.8 Å². The molecule has 20 heavy (non-hydrogen) atoms. The molecule has 0 bridgehead atoms. The van der Waals surface area contributed by atoms with Gasteiger partial charge < -0.3 is 9.80 Å². The fourth-order valence-electron chi connectivity index (χ4n) is 3.48. The Bertz CT molecular complexity index is 537. The van der Waals surface area contributed by atoms with Crippen molar-refractivity contribution in [2.45, 2.75) is 18.9 Å². The number of nitro groups is 1. The highest BCUT2D eigenvalue weighted by atomic mass is 19.1. The number of fused-ring (bicyclic) bond motifs is 1. The van der Waals surface area contributed by atoms with Gasteiger partial charge in [0.05, 0.1) is 4.92 Å². The van der Waals surface area contributed by atoms with Crippen molar-refractivity contribution in [3.63, 3.8) is 0 Å². The first-order chi connectivity index (χ1) is 9.56. The van der Waals surface area contributed by atoms with Gasteiger partial charge in [-0.3, -0.25) is 10.1 Å². The molecule has 6 heteroatoms. The van der Waals surface area contributed by atoms with E-state index in [-0.39, 0.29) is 11.7 Å². The van der Waals surface area contributed by atoms with Gasteiger partial charge in [-0.1, -0.05) is 0 Å². The Morgan fingerprint density at radius 1 is 1.35 bits per heavy atom. The summed E-state index contributed by atoms with van der Waals surface area (Å²) in [5.41, 5.74) is 0.429. The van der Waals surface area contributed by atoms with Crippen LogP contribution >= 0.6 is 0 Å². The molecule has 0 aromatic heterocycles. The summed E-state index contributed by atoms with van der Waals surface area (Å²) in [5, 5.41) is 11.2. The molecule has 3 rings (SSSR count). The standard InChI is InChI=1S/C14H18FN3O2/c1-16-6-4-10-5-7-17(14(10)9-16)13-8-11(15)2-3-12(13)18(19)20/h2-3,8,10,14H,4-7,9H2,1H3/t10-,14+/m0/s1. The smallest absolute Gasteiger partial charge is 0.292 e. The highest BCUT2D eigenvalue weighted by Crippen LogP contribution is 2.39. The molecular weight excluding hydrogens is 261 g/mol. The van der Waals surface area contributed by atoms with Crippen LogP contribution < -0.4 is 4.90 Å². The molecule has 1 aromatic rings. The number of anilines is 1. The second kappa shape index (κ2) is 5.01. The molecular formula is C14H18FN3O2. The fraction of sp³-hybridized carbons (Fsp3) is 0.571. The van der Waals surface area contributed by atoms with Gasteiger partial charge in [0.15, 0.2) is 0 Å². The predicted octanol–water partition coefficient (Wildman–Crippen LogP) is 2.26. The summed E-state index contributed by atoms with van der Waals surface area (Å²) in [5.74, 6) is 0.146. The van der Waals surface area contributed by atoms with Crippen molar-refractivity contribution in [2.24, 2.45) is 5.92 Å². The third-order valence-corrected chi connectivity index (χ3v) is 4.51. The van der Waals surface area contributed by atoms with Crippen LogP contribution in [0.1, 0.15) is 12.8 Å². The SMILES string of the molecule is CN1CC[C@H]2CCN(c3cc(F)ccc3[N+](=O)[O-])[C@@H]2C1. The average Bonchev–Trinajstić information content (AvgIpc) is 2.81. The number of benzene rings is 1. The summed E-state index contributed by atoms with van der Waals surface area (Å²) in [6, 6.07) is 3.98. The Hall–Kier alpha value is -1.69. The van der Waals surface area contributed by atoms with Crippen molar-refractivity contribution < 1.29 is 9.31 Å². The van der Waals surface area contributed by atoms with E-state index in [1.165, 1.54) is 12.1 Å². The summed E-state index contributed by atoms with van der Waals surface area (Å²) < 4.78 is 13.5. The minimum absolute atomic E-state index is 0.000256. The molecule has 0 saturated carbocycles. The third-order valence-electron chi connectivity index (χ3n) is 4.51.